The van der Waals surface area contributed by atoms with E-state index >= 15 is 0 Å². The molecule has 0 spiro atoms. The zero-order valence-corrected chi connectivity index (χ0v) is 17.5. The molecule has 0 saturated carbocycles. The molecule has 2 aromatic rings. The van der Waals surface area contributed by atoms with Crippen molar-refractivity contribution < 1.29 is 40.9 Å². The summed E-state index contributed by atoms with van der Waals surface area (Å²) in [4.78, 5) is 2.20. The minimum Gasteiger partial charge on any atom is -0.486 e. The van der Waals surface area contributed by atoms with E-state index in [0.717, 1.165) is 6.07 Å². The Morgan fingerprint density at radius 1 is 1.28 bits per heavy atom. The minimum atomic E-state index is -4.78. The molecule has 1 aliphatic rings. The third-order valence-electron chi connectivity index (χ3n) is 4.89. The number of aliphatic hydroxyl groups is 2. The summed E-state index contributed by atoms with van der Waals surface area (Å²) >= 11 is 5.60. The van der Waals surface area contributed by atoms with E-state index in [4.69, 9.17) is 22.9 Å². The number of halogens is 5. The van der Waals surface area contributed by atoms with Gasteiger partial charge in [-0.3, -0.25) is 0 Å². The van der Waals surface area contributed by atoms with Crippen molar-refractivity contribution in [3.05, 3.63) is 64.2 Å². The number of sulfonamides is 1. The predicted molar refractivity (Wildman–Crippen MR) is 104 cm³/mol. The van der Waals surface area contributed by atoms with Gasteiger partial charge in [0, 0.05) is 18.2 Å². The van der Waals surface area contributed by atoms with Crippen molar-refractivity contribution in [2.24, 2.45) is 0 Å². The number of hydrogen-bond donors (Lipinski definition) is 2. The van der Waals surface area contributed by atoms with Crippen LogP contribution in [0.1, 0.15) is 5.56 Å². The van der Waals surface area contributed by atoms with Crippen LogP contribution in [-0.2, 0) is 16.2 Å². The normalized spacial score (nSPS) is 22.0. The molecule has 1 heterocycles. The lowest BCUT2D eigenvalue weighted by molar-refractivity contribution is -0.137. The molecule has 3 rings (SSSR count). The van der Waals surface area contributed by atoms with Crippen LogP contribution in [0, 0.1) is 12.4 Å². The number of ether oxygens (including phenoxy) is 1. The molecule has 0 aliphatic carbocycles. The van der Waals surface area contributed by atoms with Crippen molar-refractivity contribution in [2.75, 3.05) is 19.7 Å². The summed E-state index contributed by atoms with van der Waals surface area (Å²) in [6.45, 7) is 4.96. The Kier molecular flexibility index (Phi) is 6.43. The average Bonchev–Trinajstić information content (AvgIpc) is 3.07. The van der Waals surface area contributed by atoms with Gasteiger partial charge in [0.1, 0.15) is 23.3 Å². The molecule has 32 heavy (non-hydrogen) atoms. The largest absolute Gasteiger partial charge is 0.486 e. The number of hydrogen-bond acceptors (Lipinski definition) is 5. The second-order valence-electron chi connectivity index (χ2n) is 7.03. The van der Waals surface area contributed by atoms with Crippen LogP contribution in [0.4, 0.5) is 23.2 Å². The molecule has 2 N–H and O–H groups in total. The van der Waals surface area contributed by atoms with Gasteiger partial charge in [-0.15, -0.1) is 0 Å². The van der Waals surface area contributed by atoms with E-state index in [1.165, 1.54) is 12.1 Å². The lowest BCUT2D eigenvalue weighted by atomic mass is 10.0. The molecule has 2 atom stereocenters. The van der Waals surface area contributed by atoms with Crippen LogP contribution in [0.15, 0.2) is 41.3 Å². The van der Waals surface area contributed by atoms with Crippen LogP contribution >= 0.6 is 11.6 Å². The molecule has 7 nitrogen and oxygen atoms in total. The molecule has 1 saturated heterocycles. The quantitative estimate of drug-likeness (QED) is 0.492. The predicted octanol–water partition coefficient (Wildman–Crippen LogP) is 3.22. The fourth-order valence-corrected chi connectivity index (χ4v) is 4.89. The summed E-state index contributed by atoms with van der Waals surface area (Å²) < 4.78 is 84.7. The lowest BCUT2D eigenvalue weighted by Crippen LogP contribution is -2.48. The van der Waals surface area contributed by atoms with E-state index in [-0.39, 0.29) is 10.8 Å². The first-order valence-corrected chi connectivity index (χ1v) is 10.7. The molecular formula is C19H15ClF4N2O5S. The van der Waals surface area contributed by atoms with Gasteiger partial charge in [-0.2, -0.15) is 17.5 Å². The maximum absolute atomic E-state index is 13.7. The Hall–Kier alpha value is -2.43. The highest BCUT2D eigenvalue weighted by Crippen LogP contribution is 2.38. The van der Waals surface area contributed by atoms with Gasteiger partial charge in [0.05, 0.1) is 29.6 Å². The maximum atomic E-state index is 13.7. The Balaban J connectivity index is 1.94. The standard InChI is InChI=1S/C19H15ClF4N2O5S/c1-25-15-6-11(19(22,23)24)2-5-16(15)32(29,30)26-8-17(18(28,9-26)10-27)31-12-3-4-13(20)14(21)7-12/h2-7,17,27-28H,8-10H2/t17-,18+/m0/s1. The monoisotopic (exact) mass is 494 g/mol. The topological polar surface area (TPSA) is 91.4 Å². The van der Waals surface area contributed by atoms with Gasteiger partial charge in [-0.1, -0.05) is 23.7 Å². The van der Waals surface area contributed by atoms with Gasteiger partial charge in [-0.25, -0.2) is 17.7 Å². The third kappa shape index (κ3) is 4.53. The second kappa shape index (κ2) is 8.49. The van der Waals surface area contributed by atoms with Gasteiger partial charge in [0.25, 0.3) is 0 Å². The third-order valence-corrected chi connectivity index (χ3v) is 7.05. The van der Waals surface area contributed by atoms with Gasteiger partial charge in [0.15, 0.2) is 0 Å². The van der Waals surface area contributed by atoms with Crippen LogP contribution in [0.2, 0.25) is 5.02 Å². The van der Waals surface area contributed by atoms with Gasteiger partial charge >= 0.3 is 6.18 Å². The first-order chi connectivity index (χ1) is 14.8. The van der Waals surface area contributed by atoms with E-state index in [2.05, 4.69) is 4.85 Å². The van der Waals surface area contributed by atoms with Crippen molar-refractivity contribution in [1.82, 2.24) is 4.31 Å². The summed E-state index contributed by atoms with van der Waals surface area (Å²) in [6.07, 6.45) is -6.13. The Morgan fingerprint density at radius 2 is 1.97 bits per heavy atom. The van der Waals surface area contributed by atoms with E-state index in [0.29, 0.717) is 22.5 Å². The van der Waals surface area contributed by atoms with E-state index in [9.17, 15) is 36.2 Å². The van der Waals surface area contributed by atoms with Gasteiger partial charge in [-0.05, 0) is 18.2 Å². The lowest BCUT2D eigenvalue weighted by Gasteiger charge is -2.27. The van der Waals surface area contributed by atoms with Crippen LogP contribution in [0.3, 0.4) is 0 Å². The molecule has 172 valence electrons. The zero-order chi connectivity index (χ0) is 23.9. The van der Waals surface area contributed by atoms with Gasteiger partial charge < -0.3 is 14.9 Å². The van der Waals surface area contributed by atoms with Crippen LogP contribution in [0.5, 0.6) is 5.75 Å². The summed E-state index contributed by atoms with van der Waals surface area (Å²) in [7, 11) is -4.56. The van der Waals surface area contributed by atoms with E-state index < -0.39 is 69.6 Å². The van der Waals surface area contributed by atoms with Crippen molar-refractivity contribution >= 4 is 27.3 Å². The molecule has 1 fully saturated rings. The van der Waals surface area contributed by atoms with Crippen molar-refractivity contribution in [3.8, 4) is 5.75 Å². The van der Waals surface area contributed by atoms with Crippen molar-refractivity contribution in [3.63, 3.8) is 0 Å². The highest BCUT2D eigenvalue weighted by molar-refractivity contribution is 7.89. The minimum absolute atomic E-state index is 0.0978. The first kappa shape index (κ1) is 24.2. The summed E-state index contributed by atoms with van der Waals surface area (Å²) in [5.41, 5.74) is -4.05. The van der Waals surface area contributed by atoms with E-state index in [1.54, 1.807) is 0 Å². The average molecular weight is 495 g/mol. The number of benzene rings is 2. The second-order valence-corrected chi connectivity index (χ2v) is 9.35. The number of β-amino-alcohol motifs (C(OH)–C–C–N with tert-alkyl or cyclic N) is 1. The van der Waals surface area contributed by atoms with E-state index in [1.807, 2.05) is 0 Å². The summed E-state index contributed by atoms with van der Waals surface area (Å²) in [6, 6.07) is 4.96. The van der Waals surface area contributed by atoms with Crippen LogP contribution < -0.4 is 4.74 Å². The Morgan fingerprint density at radius 3 is 2.53 bits per heavy atom. The number of alkyl halides is 3. The molecule has 2 aromatic carbocycles. The molecule has 1 aliphatic heterocycles. The zero-order valence-electron chi connectivity index (χ0n) is 16.0. The van der Waals surface area contributed by atoms with Crippen molar-refractivity contribution in [2.45, 2.75) is 22.8 Å². The molecular weight excluding hydrogens is 480 g/mol. The molecule has 13 heteroatoms. The fraction of sp³-hybridized carbons (Fsp3) is 0.316. The number of nitrogens with zero attached hydrogens (tertiary/aromatic N) is 2. The SMILES string of the molecule is [C-]#[N+]c1cc(C(F)(F)F)ccc1S(=O)(=O)N1C[C@H](Oc2ccc(Cl)c(F)c2)[C@](O)(CO)C1. The first-order valence-electron chi connectivity index (χ1n) is 8.85. The molecule has 0 unspecified atom stereocenters. The Bertz CT molecular complexity index is 1190. The Labute approximate surface area is 185 Å². The fourth-order valence-electron chi connectivity index (χ4n) is 3.16. The van der Waals surface area contributed by atoms with Crippen LogP contribution in [0.25, 0.3) is 4.85 Å². The highest BCUT2D eigenvalue weighted by atomic mass is 35.5. The molecule has 0 aromatic heterocycles. The van der Waals surface area contributed by atoms with Crippen LogP contribution in [-0.4, -0.2) is 54.3 Å². The summed E-state index contributed by atoms with van der Waals surface area (Å²) in [5.74, 6) is -0.926. The van der Waals surface area contributed by atoms with Crippen molar-refractivity contribution in [1.29, 1.82) is 0 Å². The highest BCUT2D eigenvalue weighted by Gasteiger charge is 2.51. The maximum Gasteiger partial charge on any atom is 0.415 e. The molecule has 0 amide bonds. The number of aliphatic hydroxyl groups excluding tert-OH is 1. The smallest absolute Gasteiger partial charge is 0.415 e. The number of rotatable bonds is 5. The summed E-state index contributed by atoms with van der Waals surface area (Å²) in [5, 5.41) is 20.1. The molecule has 0 bridgehead atoms. The molecule has 0 radical (unpaired) electrons. The van der Waals surface area contributed by atoms with Gasteiger partial charge in [0.2, 0.25) is 15.7 Å².